The van der Waals surface area contributed by atoms with Crippen molar-refractivity contribution >= 4 is 5.91 Å². The number of carbonyl (C=O) groups is 1. The maximum Gasteiger partial charge on any atom is 0.247 e. The number of nitrogens with zero attached hydrogens (tertiary/aromatic N) is 3. The highest BCUT2D eigenvalue weighted by atomic mass is 16.5. The summed E-state index contributed by atoms with van der Waals surface area (Å²) in [6, 6.07) is 8.89. The number of nitrogens with one attached hydrogen (secondary N) is 1. The Hall–Kier alpha value is -3.42. The molecule has 1 aromatic carbocycles. The van der Waals surface area contributed by atoms with Crippen molar-refractivity contribution in [2.24, 2.45) is 0 Å². The molecule has 0 atom stereocenters. The standard InChI is InChI=1S/C18H18N4O4/c1-24-14-4-3-12(9-15(14)25-2)10-16(23)20-11-17-21-22-18(26-17)13-5-7-19-8-6-13/h3-9H,10-11H2,1-2H3,(H,20,23). The van der Waals surface area contributed by atoms with Crippen molar-refractivity contribution in [1.29, 1.82) is 0 Å². The van der Waals surface area contributed by atoms with Crippen molar-refractivity contribution in [1.82, 2.24) is 20.5 Å². The fraction of sp³-hybridized carbons (Fsp3) is 0.222. The molecule has 8 heteroatoms. The number of amides is 1. The van der Waals surface area contributed by atoms with Crippen LogP contribution in [-0.4, -0.2) is 35.3 Å². The Morgan fingerprint density at radius 1 is 1.08 bits per heavy atom. The largest absolute Gasteiger partial charge is 0.493 e. The van der Waals surface area contributed by atoms with Gasteiger partial charge in [-0.15, -0.1) is 10.2 Å². The first kappa shape index (κ1) is 17.4. The number of hydrogen-bond donors (Lipinski definition) is 1. The van der Waals surface area contributed by atoms with Gasteiger partial charge in [-0.1, -0.05) is 6.07 Å². The van der Waals surface area contributed by atoms with E-state index in [1.807, 2.05) is 6.07 Å². The Bertz CT molecular complexity index is 880. The third kappa shape index (κ3) is 4.15. The van der Waals surface area contributed by atoms with Crippen LogP contribution >= 0.6 is 0 Å². The Kier molecular flexibility index (Phi) is 5.43. The summed E-state index contributed by atoms with van der Waals surface area (Å²) in [5.74, 6) is 1.75. The average molecular weight is 354 g/mol. The molecule has 0 saturated heterocycles. The van der Waals surface area contributed by atoms with Crippen LogP contribution in [0.25, 0.3) is 11.5 Å². The van der Waals surface area contributed by atoms with E-state index in [1.54, 1.807) is 50.9 Å². The Morgan fingerprint density at radius 2 is 1.85 bits per heavy atom. The lowest BCUT2D eigenvalue weighted by Crippen LogP contribution is -2.24. The second-order valence-corrected chi connectivity index (χ2v) is 5.38. The number of rotatable bonds is 7. The van der Waals surface area contributed by atoms with Crippen LogP contribution in [0, 0.1) is 0 Å². The quantitative estimate of drug-likeness (QED) is 0.693. The van der Waals surface area contributed by atoms with Crippen LogP contribution in [0.4, 0.5) is 0 Å². The first-order chi connectivity index (χ1) is 12.7. The summed E-state index contributed by atoms with van der Waals surface area (Å²) < 4.78 is 16.0. The molecule has 0 aliphatic heterocycles. The lowest BCUT2D eigenvalue weighted by Gasteiger charge is -2.09. The molecule has 3 rings (SSSR count). The zero-order valence-corrected chi connectivity index (χ0v) is 14.4. The van der Waals surface area contributed by atoms with E-state index in [9.17, 15) is 4.79 Å². The summed E-state index contributed by atoms with van der Waals surface area (Å²) in [5.41, 5.74) is 1.58. The van der Waals surface area contributed by atoms with Gasteiger partial charge >= 0.3 is 0 Å². The molecule has 0 unspecified atom stereocenters. The van der Waals surface area contributed by atoms with Crippen molar-refractivity contribution in [3.63, 3.8) is 0 Å². The van der Waals surface area contributed by atoms with Gasteiger partial charge in [-0.05, 0) is 29.8 Å². The lowest BCUT2D eigenvalue weighted by molar-refractivity contribution is -0.120. The first-order valence-corrected chi connectivity index (χ1v) is 7.90. The van der Waals surface area contributed by atoms with E-state index in [4.69, 9.17) is 13.9 Å². The Morgan fingerprint density at radius 3 is 2.58 bits per heavy atom. The molecule has 0 radical (unpaired) electrons. The van der Waals surface area contributed by atoms with Gasteiger partial charge in [0.1, 0.15) is 0 Å². The van der Waals surface area contributed by atoms with Crippen molar-refractivity contribution in [2.75, 3.05) is 14.2 Å². The van der Waals surface area contributed by atoms with Crippen molar-refractivity contribution in [3.05, 3.63) is 54.2 Å². The van der Waals surface area contributed by atoms with Gasteiger partial charge in [0.25, 0.3) is 0 Å². The van der Waals surface area contributed by atoms with Crippen LogP contribution in [0.2, 0.25) is 0 Å². The normalized spacial score (nSPS) is 10.4. The molecular weight excluding hydrogens is 336 g/mol. The van der Waals surface area contributed by atoms with Crippen LogP contribution in [0.15, 0.2) is 47.1 Å². The highest BCUT2D eigenvalue weighted by Crippen LogP contribution is 2.27. The SMILES string of the molecule is COc1ccc(CC(=O)NCc2nnc(-c3ccncc3)o2)cc1OC. The molecule has 134 valence electrons. The minimum absolute atomic E-state index is 0.157. The van der Waals surface area contributed by atoms with Crippen LogP contribution in [0.1, 0.15) is 11.5 Å². The monoisotopic (exact) mass is 354 g/mol. The van der Waals surface area contributed by atoms with Gasteiger partial charge in [-0.3, -0.25) is 9.78 Å². The van der Waals surface area contributed by atoms with Gasteiger partial charge in [0.15, 0.2) is 11.5 Å². The Balaban J connectivity index is 1.57. The first-order valence-electron chi connectivity index (χ1n) is 7.90. The van der Waals surface area contributed by atoms with E-state index in [0.29, 0.717) is 23.3 Å². The number of ether oxygens (including phenoxy) is 2. The molecule has 0 aliphatic carbocycles. The maximum absolute atomic E-state index is 12.1. The molecule has 2 heterocycles. The van der Waals surface area contributed by atoms with Crippen molar-refractivity contribution < 1.29 is 18.7 Å². The van der Waals surface area contributed by atoms with Gasteiger partial charge in [-0.2, -0.15) is 0 Å². The highest BCUT2D eigenvalue weighted by Gasteiger charge is 2.11. The molecule has 2 aromatic heterocycles. The van der Waals surface area contributed by atoms with Crippen LogP contribution in [0.3, 0.4) is 0 Å². The third-order valence-electron chi connectivity index (χ3n) is 3.64. The maximum atomic E-state index is 12.1. The molecule has 1 amide bonds. The summed E-state index contributed by atoms with van der Waals surface area (Å²) in [6.07, 6.45) is 3.49. The molecular formula is C18H18N4O4. The van der Waals surface area contributed by atoms with E-state index in [1.165, 1.54) is 0 Å². The third-order valence-corrected chi connectivity index (χ3v) is 3.64. The fourth-order valence-corrected chi connectivity index (χ4v) is 2.35. The molecule has 8 nitrogen and oxygen atoms in total. The van der Waals surface area contributed by atoms with Crippen LogP contribution in [-0.2, 0) is 17.8 Å². The van der Waals surface area contributed by atoms with E-state index < -0.39 is 0 Å². The highest BCUT2D eigenvalue weighted by molar-refractivity contribution is 5.78. The number of aromatic nitrogens is 3. The fourth-order valence-electron chi connectivity index (χ4n) is 2.35. The van der Waals surface area contributed by atoms with Crippen LogP contribution < -0.4 is 14.8 Å². The van der Waals surface area contributed by atoms with Gasteiger partial charge in [-0.25, -0.2) is 0 Å². The van der Waals surface area contributed by atoms with E-state index in [-0.39, 0.29) is 18.9 Å². The minimum atomic E-state index is -0.166. The van der Waals surface area contributed by atoms with Gasteiger partial charge in [0, 0.05) is 18.0 Å². The molecule has 0 fully saturated rings. The molecule has 0 spiro atoms. The molecule has 0 bridgehead atoms. The molecule has 3 aromatic rings. The van der Waals surface area contributed by atoms with E-state index in [2.05, 4.69) is 20.5 Å². The molecule has 26 heavy (non-hydrogen) atoms. The summed E-state index contributed by atoms with van der Waals surface area (Å²) in [7, 11) is 3.12. The van der Waals surface area contributed by atoms with E-state index >= 15 is 0 Å². The number of benzene rings is 1. The Labute approximate surface area is 150 Å². The second-order valence-electron chi connectivity index (χ2n) is 5.38. The second kappa shape index (κ2) is 8.11. The summed E-state index contributed by atoms with van der Waals surface area (Å²) in [6.45, 7) is 0.157. The zero-order chi connectivity index (χ0) is 18.4. The van der Waals surface area contributed by atoms with Crippen molar-refractivity contribution in [2.45, 2.75) is 13.0 Å². The number of pyridine rings is 1. The molecule has 0 saturated carbocycles. The average Bonchev–Trinajstić information content (AvgIpc) is 3.16. The van der Waals surface area contributed by atoms with Crippen LogP contribution in [0.5, 0.6) is 11.5 Å². The minimum Gasteiger partial charge on any atom is -0.493 e. The van der Waals surface area contributed by atoms with E-state index in [0.717, 1.165) is 11.1 Å². The summed E-state index contributed by atoms with van der Waals surface area (Å²) in [4.78, 5) is 16.1. The smallest absolute Gasteiger partial charge is 0.247 e. The predicted molar refractivity (Wildman–Crippen MR) is 92.6 cm³/mol. The van der Waals surface area contributed by atoms with Gasteiger partial charge in [0.05, 0.1) is 27.2 Å². The topological polar surface area (TPSA) is 99.4 Å². The summed E-state index contributed by atoms with van der Waals surface area (Å²) in [5, 5.41) is 10.7. The summed E-state index contributed by atoms with van der Waals surface area (Å²) >= 11 is 0. The molecule has 0 aliphatic rings. The zero-order valence-electron chi connectivity index (χ0n) is 14.4. The number of methoxy groups -OCH3 is 2. The van der Waals surface area contributed by atoms with Crippen molar-refractivity contribution in [3.8, 4) is 23.0 Å². The van der Waals surface area contributed by atoms with Gasteiger partial charge < -0.3 is 19.2 Å². The van der Waals surface area contributed by atoms with Gasteiger partial charge in [0.2, 0.25) is 17.7 Å². The number of carbonyl (C=O) groups excluding carboxylic acids is 1. The predicted octanol–water partition coefficient (Wildman–Crippen LogP) is 2.01. The molecule has 1 N–H and O–H groups in total. The lowest BCUT2D eigenvalue weighted by atomic mass is 10.1. The number of hydrogen-bond acceptors (Lipinski definition) is 7.